The van der Waals surface area contributed by atoms with E-state index < -0.39 is 0 Å². The molecule has 0 N–H and O–H groups in total. The Labute approximate surface area is 78.5 Å². The van der Waals surface area contributed by atoms with Gasteiger partial charge in [-0.3, -0.25) is 4.79 Å². The molecule has 0 bridgehead atoms. The van der Waals surface area contributed by atoms with Crippen LogP contribution in [0.2, 0.25) is 0 Å². The van der Waals surface area contributed by atoms with Crippen LogP contribution in [-0.2, 0) is 11.2 Å². The third kappa shape index (κ3) is 3.28. The van der Waals surface area contributed by atoms with E-state index in [0.29, 0.717) is 13.0 Å². The summed E-state index contributed by atoms with van der Waals surface area (Å²) in [5, 5.41) is 0. The summed E-state index contributed by atoms with van der Waals surface area (Å²) in [6, 6.07) is 7.63. The molecule has 0 aliphatic heterocycles. The highest BCUT2D eigenvalue weighted by molar-refractivity contribution is 5.78. The summed E-state index contributed by atoms with van der Waals surface area (Å²) in [4.78, 5) is 10.8. The number of hydrogen-bond donors (Lipinski definition) is 0. The molecule has 0 atom stereocenters. The molecule has 13 heavy (non-hydrogen) atoms. The second kappa shape index (κ2) is 4.65. The standard InChI is InChI=1S/C11H14O2/c1-3-13-11-6-4-10(5-7-11)8-9(2)12/h4-7H,3,8H2,1-2H3. The zero-order valence-electron chi connectivity index (χ0n) is 8.04. The normalized spacial score (nSPS) is 9.69. The van der Waals surface area contributed by atoms with Crippen LogP contribution in [0.1, 0.15) is 19.4 Å². The summed E-state index contributed by atoms with van der Waals surface area (Å²) in [6.45, 7) is 4.21. The first kappa shape index (κ1) is 9.78. The summed E-state index contributed by atoms with van der Waals surface area (Å²) in [5.41, 5.74) is 1.04. The van der Waals surface area contributed by atoms with Crippen LogP contribution in [-0.4, -0.2) is 12.4 Å². The maximum Gasteiger partial charge on any atom is 0.134 e. The smallest absolute Gasteiger partial charge is 0.134 e. The van der Waals surface area contributed by atoms with Gasteiger partial charge in [-0.05, 0) is 31.5 Å². The first-order valence-corrected chi connectivity index (χ1v) is 4.43. The number of rotatable bonds is 4. The Hall–Kier alpha value is -1.31. The minimum Gasteiger partial charge on any atom is -0.494 e. The lowest BCUT2D eigenvalue weighted by atomic mass is 10.1. The third-order valence-electron chi connectivity index (χ3n) is 1.69. The van der Waals surface area contributed by atoms with Gasteiger partial charge in [-0.2, -0.15) is 0 Å². The van der Waals surface area contributed by atoms with Crippen LogP contribution in [0.15, 0.2) is 24.3 Å². The van der Waals surface area contributed by atoms with Crippen molar-refractivity contribution in [3.63, 3.8) is 0 Å². The second-order valence-corrected chi connectivity index (χ2v) is 2.96. The van der Waals surface area contributed by atoms with E-state index >= 15 is 0 Å². The summed E-state index contributed by atoms with van der Waals surface area (Å²) in [6.07, 6.45) is 0.506. The lowest BCUT2D eigenvalue weighted by Gasteiger charge is -2.03. The highest BCUT2D eigenvalue weighted by Gasteiger charge is 1.97. The van der Waals surface area contributed by atoms with Gasteiger partial charge in [0.15, 0.2) is 0 Å². The Morgan fingerprint density at radius 3 is 2.38 bits per heavy atom. The Morgan fingerprint density at radius 1 is 1.31 bits per heavy atom. The van der Waals surface area contributed by atoms with Gasteiger partial charge in [0, 0.05) is 6.42 Å². The number of ketones is 1. The molecule has 0 amide bonds. The van der Waals surface area contributed by atoms with Crippen molar-refractivity contribution in [1.29, 1.82) is 0 Å². The Bertz CT molecular complexity index is 275. The fourth-order valence-corrected chi connectivity index (χ4v) is 1.16. The summed E-state index contributed by atoms with van der Waals surface area (Å²) in [7, 11) is 0. The van der Waals surface area contributed by atoms with Crippen LogP contribution in [0, 0.1) is 0 Å². The highest BCUT2D eigenvalue weighted by atomic mass is 16.5. The van der Waals surface area contributed by atoms with Crippen molar-refractivity contribution in [3.05, 3.63) is 29.8 Å². The molecule has 0 spiro atoms. The van der Waals surface area contributed by atoms with E-state index in [1.807, 2.05) is 31.2 Å². The van der Waals surface area contributed by atoms with Gasteiger partial charge >= 0.3 is 0 Å². The molecule has 1 aromatic carbocycles. The largest absolute Gasteiger partial charge is 0.494 e. The highest BCUT2D eigenvalue weighted by Crippen LogP contribution is 2.12. The Kier molecular flexibility index (Phi) is 3.50. The van der Waals surface area contributed by atoms with E-state index in [1.54, 1.807) is 6.92 Å². The fourth-order valence-electron chi connectivity index (χ4n) is 1.16. The predicted octanol–water partition coefficient (Wildman–Crippen LogP) is 2.22. The minimum absolute atomic E-state index is 0.184. The molecule has 0 heterocycles. The molecular formula is C11H14O2. The van der Waals surface area contributed by atoms with Gasteiger partial charge in [0.25, 0.3) is 0 Å². The molecule has 0 radical (unpaired) electrons. The lowest BCUT2D eigenvalue weighted by Crippen LogP contribution is -1.96. The van der Waals surface area contributed by atoms with E-state index in [2.05, 4.69) is 0 Å². The van der Waals surface area contributed by atoms with E-state index in [0.717, 1.165) is 11.3 Å². The van der Waals surface area contributed by atoms with Gasteiger partial charge in [0.05, 0.1) is 6.61 Å². The molecule has 2 heteroatoms. The number of benzene rings is 1. The number of carbonyl (C=O) groups is 1. The molecular weight excluding hydrogens is 164 g/mol. The van der Waals surface area contributed by atoms with Crippen molar-refractivity contribution in [2.24, 2.45) is 0 Å². The molecule has 1 rings (SSSR count). The van der Waals surface area contributed by atoms with Crippen LogP contribution in [0.4, 0.5) is 0 Å². The van der Waals surface area contributed by atoms with Crippen molar-refractivity contribution < 1.29 is 9.53 Å². The van der Waals surface area contributed by atoms with Crippen molar-refractivity contribution in [2.75, 3.05) is 6.61 Å². The van der Waals surface area contributed by atoms with Crippen molar-refractivity contribution in [1.82, 2.24) is 0 Å². The van der Waals surface area contributed by atoms with Crippen LogP contribution >= 0.6 is 0 Å². The third-order valence-corrected chi connectivity index (χ3v) is 1.69. The molecule has 0 unspecified atom stereocenters. The number of hydrogen-bond acceptors (Lipinski definition) is 2. The van der Waals surface area contributed by atoms with E-state index in [1.165, 1.54) is 0 Å². The van der Waals surface area contributed by atoms with Gasteiger partial charge in [-0.1, -0.05) is 12.1 Å². The average Bonchev–Trinajstić information content (AvgIpc) is 2.08. The molecule has 0 saturated carbocycles. The average molecular weight is 178 g/mol. The molecule has 0 saturated heterocycles. The van der Waals surface area contributed by atoms with Crippen molar-refractivity contribution >= 4 is 5.78 Å². The molecule has 0 aliphatic rings. The van der Waals surface area contributed by atoms with Crippen LogP contribution in [0.25, 0.3) is 0 Å². The summed E-state index contributed by atoms with van der Waals surface area (Å²) in [5.74, 6) is 1.04. The van der Waals surface area contributed by atoms with E-state index in [-0.39, 0.29) is 5.78 Å². The van der Waals surface area contributed by atoms with Crippen LogP contribution < -0.4 is 4.74 Å². The first-order chi connectivity index (χ1) is 6.22. The van der Waals surface area contributed by atoms with Gasteiger partial charge in [-0.25, -0.2) is 0 Å². The molecule has 0 fully saturated rings. The van der Waals surface area contributed by atoms with Crippen molar-refractivity contribution in [3.8, 4) is 5.75 Å². The van der Waals surface area contributed by atoms with Gasteiger partial charge in [0.1, 0.15) is 11.5 Å². The van der Waals surface area contributed by atoms with Crippen LogP contribution in [0.3, 0.4) is 0 Å². The maximum absolute atomic E-state index is 10.8. The number of carbonyl (C=O) groups excluding carboxylic acids is 1. The fraction of sp³-hybridized carbons (Fsp3) is 0.364. The SMILES string of the molecule is CCOc1ccc(CC(C)=O)cc1. The van der Waals surface area contributed by atoms with Crippen molar-refractivity contribution in [2.45, 2.75) is 20.3 Å². The molecule has 0 aromatic heterocycles. The van der Waals surface area contributed by atoms with Gasteiger partial charge < -0.3 is 4.74 Å². The first-order valence-electron chi connectivity index (χ1n) is 4.43. The minimum atomic E-state index is 0.184. The predicted molar refractivity (Wildman–Crippen MR) is 52.0 cm³/mol. The quantitative estimate of drug-likeness (QED) is 0.706. The molecule has 1 aromatic rings. The van der Waals surface area contributed by atoms with E-state index in [9.17, 15) is 4.79 Å². The maximum atomic E-state index is 10.8. The topological polar surface area (TPSA) is 26.3 Å². The monoisotopic (exact) mass is 178 g/mol. The summed E-state index contributed by atoms with van der Waals surface area (Å²) >= 11 is 0. The lowest BCUT2D eigenvalue weighted by molar-refractivity contribution is -0.116. The van der Waals surface area contributed by atoms with E-state index in [4.69, 9.17) is 4.74 Å². The summed E-state index contributed by atoms with van der Waals surface area (Å²) < 4.78 is 5.28. The zero-order chi connectivity index (χ0) is 9.68. The van der Waals surface area contributed by atoms with Crippen LogP contribution in [0.5, 0.6) is 5.75 Å². The Morgan fingerprint density at radius 2 is 1.92 bits per heavy atom. The second-order valence-electron chi connectivity index (χ2n) is 2.96. The van der Waals surface area contributed by atoms with Gasteiger partial charge in [-0.15, -0.1) is 0 Å². The number of ether oxygens (including phenoxy) is 1. The molecule has 2 nitrogen and oxygen atoms in total. The Balaban J connectivity index is 2.64. The number of Topliss-reactive ketones (excluding diaryl/α,β-unsaturated/α-hetero) is 1. The van der Waals surface area contributed by atoms with Gasteiger partial charge in [0.2, 0.25) is 0 Å². The molecule has 70 valence electrons. The molecule has 0 aliphatic carbocycles. The zero-order valence-corrected chi connectivity index (χ0v) is 8.04.